The molecule has 1 aromatic carbocycles. The van der Waals surface area contributed by atoms with Gasteiger partial charge in [0, 0.05) is 6.42 Å². The summed E-state index contributed by atoms with van der Waals surface area (Å²) in [7, 11) is 1.17. The Balaban J connectivity index is 1.42. The van der Waals surface area contributed by atoms with E-state index >= 15 is 0 Å². The molecule has 0 aliphatic heterocycles. The predicted molar refractivity (Wildman–Crippen MR) is 199 cm³/mol. The summed E-state index contributed by atoms with van der Waals surface area (Å²) in [5.74, 6) is 2.43. The van der Waals surface area contributed by atoms with Crippen LogP contribution in [-0.4, -0.2) is 53.3 Å². The maximum Gasteiger partial charge on any atom is 0.516 e. The highest BCUT2D eigenvalue weighted by molar-refractivity contribution is 6.74. The Labute approximate surface area is 303 Å². The van der Waals surface area contributed by atoms with Gasteiger partial charge in [-0.2, -0.15) is 0 Å². The van der Waals surface area contributed by atoms with Crippen LogP contribution in [0.1, 0.15) is 129 Å². The lowest BCUT2D eigenvalue weighted by atomic mass is 9.55. The number of ether oxygens (including phenoxy) is 4. The van der Waals surface area contributed by atoms with Crippen LogP contribution in [0.4, 0.5) is 4.79 Å². The van der Waals surface area contributed by atoms with Crippen molar-refractivity contribution in [3.8, 4) is 5.75 Å². The maximum absolute atomic E-state index is 13.0. The first-order chi connectivity index (χ1) is 23.5. The van der Waals surface area contributed by atoms with Crippen LogP contribution in [0.15, 0.2) is 18.2 Å². The van der Waals surface area contributed by atoms with Crippen LogP contribution >= 0.6 is 0 Å². The normalized spacial score (nSPS) is 26.7. The Morgan fingerprint density at radius 1 is 1.02 bits per heavy atom. The molecule has 0 amide bonds. The van der Waals surface area contributed by atoms with E-state index in [0.717, 1.165) is 44.3 Å². The zero-order valence-electron chi connectivity index (χ0n) is 32.7. The molecular weight excluding hydrogens is 649 g/mol. The first-order valence-corrected chi connectivity index (χ1v) is 22.2. The number of carbonyl (C=O) groups excluding carboxylic acids is 3. The van der Waals surface area contributed by atoms with E-state index in [2.05, 4.69) is 59.0 Å². The number of esters is 2. The lowest BCUT2D eigenvalue weighted by Crippen LogP contribution is -2.51. The summed E-state index contributed by atoms with van der Waals surface area (Å²) in [5.41, 5.74) is 3.10. The number of aryl methyl sites for hydroxylation is 1. The fourth-order valence-corrected chi connectivity index (χ4v) is 10.5. The summed E-state index contributed by atoms with van der Waals surface area (Å²) in [6.45, 7) is 18.4. The van der Waals surface area contributed by atoms with E-state index in [1.807, 2.05) is 13.8 Å². The quantitative estimate of drug-likeness (QED) is 0.0767. The van der Waals surface area contributed by atoms with E-state index in [1.54, 1.807) is 7.11 Å². The second-order valence-corrected chi connectivity index (χ2v) is 22.4. The molecular formula is C41H66O8Si. The Morgan fingerprint density at radius 2 is 1.76 bits per heavy atom. The second kappa shape index (κ2) is 17.0. The Bertz CT molecular complexity index is 1320. The summed E-state index contributed by atoms with van der Waals surface area (Å²) in [6.07, 6.45) is 9.80. The number of methoxy groups -OCH3 is 2. The predicted octanol–water partition coefficient (Wildman–Crippen LogP) is 10.0. The van der Waals surface area contributed by atoms with Crippen molar-refractivity contribution in [3.05, 3.63) is 29.3 Å². The maximum atomic E-state index is 13.0. The van der Waals surface area contributed by atoms with Crippen LogP contribution < -0.4 is 4.74 Å². The van der Waals surface area contributed by atoms with Gasteiger partial charge in [-0.05, 0) is 134 Å². The van der Waals surface area contributed by atoms with Crippen molar-refractivity contribution < 1.29 is 37.8 Å². The van der Waals surface area contributed by atoms with Crippen LogP contribution in [-0.2, 0) is 34.6 Å². The van der Waals surface area contributed by atoms with Gasteiger partial charge >= 0.3 is 18.1 Å². The number of rotatable bonds is 15. The highest BCUT2D eigenvalue weighted by atomic mass is 28.4. The molecule has 0 N–H and O–H groups in total. The highest BCUT2D eigenvalue weighted by Gasteiger charge is 2.60. The first-order valence-electron chi connectivity index (χ1n) is 19.3. The highest BCUT2D eigenvalue weighted by Crippen LogP contribution is 2.64. The molecule has 1 unspecified atom stereocenters. The van der Waals surface area contributed by atoms with Crippen LogP contribution in [0.5, 0.6) is 5.75 Å². The minimum Gasteiger partial charge on any atom is -0.497 e. The molecule has 2 fully saturated rings. The SMILES string of the molecule is COC(=O)C(CCCCCC(=O)OC(=O)OCC(C)C)CC[C@@H]1C[C@H]2[C@@H]3CCc4cc(OC)ccc4[C@H]3CC[C@]2(C)[C@H]1O[Si](C)(C)C(C)(C)C. The number of hydrogen-bond donors (Lipinski definition) is 0. The van der Waals surface area contributed by atoms with Gasteiger partial charge in [0.1, 0.15) is 5.75 Å². The van der Waals surface area contributed by atoms with Gasteiger partial charge in [-0.1, -0.05) is 60.5 Å². The average molecular weight is 715 g/mol. The summed E-state index contributed by atoms with van der Waals surface area (Å²) in [5, 5.41) is 0.113. The number of unbranched alkanes of at least 4 members (excludes halogenated alkanes) is 2. The molecule has 9 heteroatoms. The van der Waals surface area contributed by atoms with Gasteiger partial charge in [-0.3, -0.25) is 9.59 Å². The minimum absolute atomic E-state index is 0.113. The van der Waals surface area contributed by atoms with Gasteiger partial charge in [0.05, 0.1) is 32.8 Å². The number of fused-ring (bicyclic) bond motifs is 5. The lowest BCUT2D eigenvalue weighted by molar-refractivity contribution is -0.146. The standard InChI is InChI=1S/C41H66O8Si/c1-27(2)26-47-39(44)48-36(42)15-13-11-12-14-28(38(43)46-8)16-17-30-25-35-34-20-18-29-24-31(45-7)19-21-32(29)33(34)22-23-41(35,6)37(30)49-50(9,10)40(3,4)5/h19,21,24,27-28,30,33-35,37H,11-18,20,22-23,25-26H2,1-10H3/t28?,30-,33-,34-,35+,37+,41+/m1/s1. The third kappa shape index (κ3) is 9.53. The van der Waals surface area contributed by atoms with E-state index in [4.69, 9.17) is 23.4 Å². The average Bonchev–Trinajstić information content (AvgIpc) is 3.34. The van der Waals surface area contributed by atoms with E-state index in [0.29, 0.717) is 36.5 Å². The Kier molecular flexibility index (Phi) is 13.7. The molecule has 3 aliphatic rings. The topological polar surface area (TPSA) is 97.4 Å². The van der Waals surface area contributed by atoms with Gasteiger partial charge in [0.15, 0.2) is 8.32 Å². The molecule has 3 aliphatic carbocycles. The molecule has 0 radical (unpaired) electrons. The van der Waals surface area contributed by atoms with Gasteiger partial charge in [0.25, 0.3) is 0 Å². The molecule has 50 heavy (non-hydrogen) atoms. The van der Waals surface area contributed by atoms with Crippen LogP contribution in [0.2, 0.25) is 18.1 Å². The van der Waals surface area contributed by atoms with E-state index in [1.165, 1.54) is 37.5 Å². The lowest BCUT2D eigenvalue weighted by Gasteiger charge is -2.52. The number of hydrogen-bond acceptors (Lipinski definition) is 8. The van der Waals surface area contributed by atoms with E-state index < -0.39 is 20.4 Å². The third-order valence-corrected chi connectivity index (χ3v) is 17.3. The molecule has 2 saturated carbocycles. The smallest absolute Gasteiger partial charge is 0.497 e. The first kappa shape index (κ1) is 40.4. The van der Waals surface area contributed by atoms with E-state index in [9.17, 15) is 14.4 Å². The van der Waals surface area contributed by atoms with Crippen molar-refractivity contribution in [1.29, 1.82) is 0 Å². The second-order valence-electron chi connectivity index (χ2n) is 17.6. The molecule has 282 valence electrons. The zero-order chi connectivity index (χ0) is 36.9. The third-order valence-electron chi connectivity index (χ3n) is 12.8. The van der Waals surface area contributed by atoms with Crippen LogP contribution in [0, 0.1) is 35.0 Å². The molecule has 0 saturated heterocycles. The molecule has 0 bridgehead atoms. The van der Waals surface area contributed by atoms with Crippen LogP contribution in [0.25, 0.3) is 0 Å². The van der Waals surface area contributed by atoms with Gasteiger partial charge < -0.3 is 23.4 Å². The van der Waals surface area contributed by atoms with Crippen molar-refractivity contribution >= 4 is 26.4 Å². The van der Waals surface area contributed by atoms with Crippen molar-refractivity contribution in [2.45, 2.75) is 149 Å². The summed E-state index contributed by atoms with van der Waals surface area (Å²) < 4.78 is 28.0. The minimum atomic E-state index is -2.06. The number of carbonyl (C=O) groups is 3. The molecule has 0 aromatic heterocycles. The largest absolute Gasteiger partial charge is 0.516 e. The fourth-order valence-electron chi connectivity index (χ4n) is 9.02. The molecule has 0 heterocycles. The fraction of sp³-hybridized carbons (Fsp3) is 0.780. The van der Waals surface area contributed by atoms with Crippen molar-refractivity contribution in [3.63, 3.8) is 0 Å². The summed E-state index contributed by atoms with van der Waals surface area (Å²) >= 11 is 0. The van der Waals surface area contributed by atoms with E-state index in [-0.39, 0.29) is 47.4 Å². The molecule has 0 spiro atoms. The Morgan fingerprint density at radius 3 is 2.42 bits per heavy atom. The molecule has 4 rings (SSSR count). The molecule has 7 atom stereocenters. The Hall–Kier alpha value is -2.39. The van der Waals surface area contributed by atoms with Crippen molar-refractivity contribution in [2.75, 3.05) is 20.8 Å². The summed E-state index contributed by atoms with van der Waals surface area (Å²) in [4.78, 5) is 36.8. The summed E-state index contributed by atoms with van der Waals surface area (Å²) in [6, 6.07) is 6.72. The van der Waals surface area contributed by atoms with Crippen molar-refractivity contribution in [2.24, 2.45) is 35.0 Å². The van der Waals surface area contributed by atoms with Crippen molar-refractivity contribution in [1.82, 2.24) is 0 Å². The van der Waals surface area contributed by atoms with Gasteiger partial charge in [-0.15, -0.1) is 0 Å². The molecule has 1 aromatic rings. The monoisotopic (exact) mass is 714 g/mol. The zero-order valence-corrected chi connectivity index (χ0v) is 33.7. The molecule has 8 nitrogen and oxygen atoms in total. The van der Waals surface area contributed by atoms with Gasteiger partial charge in [-0.25, -0.2) is 4.79 Å². The van der Waals surface area contributed by atoms with Crippen LogP contribution in [0.3, 0.4) is 0 Å². The van der Waals surface area contributed by atoms with Gasteiger partial charge in [0.2, 0.25) is 0 Å². The number of benzene rings is 1.